The van der Waals surface area contributed by atoms with E-state index in [4.69, 9.17) is 9.47 Å². The van der Waals surface area contributed by atoms with Crippen molar-refractivity contribution in [2.45, 2.75) is 33.6 Å². The molecule has 0 bridgehead atoms. The first-order valence-corrected chi connectivity index (χ1v) is 8.78. The number of carbonyl (C=O) groups is 2. The summed E-state index contributed by atoms with van der Waals surface area (Å²) in [7, 11) is 0. The van der Waals surface area contributed by atoms with Gasteiger partial charge in [0.1, 0.15) is 5.70 Å². The van der Waals surface area contributed by atoms with Crippen LogP contribution in [0.15, 0.2) is 17.8 Å². The highest BCUT2D eigenvalue weighted by Gasteiger charge is 2.14. The van der Waals surface area contributed by atoms with Crippen molar-refractivity contribution in [1.29, 1.82) is 0 Å². The number of carboxylic acids is 1. The fourth-order valence-electron chi connectivity index (χ4n) is 1.90. The number of aliphatic carboxylic acids is 1. The van der Waals surface area contributed by atoms with E-state index in [2.05, 4.69) is 34.8 Å². The zero-order valence-electron chi connectivity index (χ0n) is 14.0. The molecule has 0 aliphatic heterocycles. The van der Waals surface area contributed by atoms with E-state index in [0.717, 1.165) is 16.4 Å². The fraction of sp³-hybridized carbons (Fsp3) is 0.412. The van der Waals surface area contributed by atoms with E-state index < -0.39 is 11.9 Å². The van der Waals surface area contributed by atoms with Gasteiger partial charge in [-0.1, -0.05) is 13.3 Å². The van der Waals surface area contributed by atoms with Crippen LogP contribution in [-0.2, 0) is 9.59 Å². The molecule has 0 unspecified atom stereocenters. The lowest BCUT2D eigenvalue weighted by Crippen LogP contribution is -2.24. The second kappa shape index (κ2) is 10.2. The molecule has 0 radical (unpaired) electrons. The minimum Gasteiger partial charge on any atom is -0.490 e. The number of rotatable bonds is 9. The van der Waals surface area contributed by atoms with Crippen LogP contribution in [0.3, 0.4) is 0 Å². The lowest BCUT2D eigenvalue weighted by Gasteiger charge is -2.15. The fourth-order valence-corrected chi connectivity index (χ4v) is 2.68. The topological polar surface area (TPSA) is 84.9 Å². The van der Waals surface area contributed by atoms with Crippen molar-refractivity contribution in [3.63, 3.8) is 0 Å². The lowest BCUT2D eigenvalue weighted by atomic mass is 10.1. The van der Waals surface area contributed by atoms with E-state index in [9.17, 15) is 14.7 Å². The molecular weight excluding hydrogens is 425 g/mol. The highest BCUT2D eigenvalue weighted by molar-refractivity contribution is 14.1. The quantitative estimate of drug-likeness (QED) is 0.344. The Kier molecular flexibility index (Phi) is 8.59. The number of halogens is 1. The Hall–Kier alpha value is -1.77. The van der Waals surface area contributed by atoms with Crippen molar-refractivity contribution in [3.8, 4) is 11.5 Å². The summed E-state index contributed by atoms with van der Waals surface area (Å²) in [6.45, 7) is 6.27. The summed E-state index contributed by atoms with van der Waals surface area (Å²) in [5.74, 6) is -0.442. The molecule has 0 heterocycles. The van der Waals surface area contributed by atoms with Crippen LogP contribution in [0.1, 0.15) is 39.2 Å². The molecule has 0 aliphatic carbocycles. The Morgan fingerprint density at radius 1 is 1.29 bits per heavy atom. The number of benzene rings is 1. The molecule has 1 aromatic rings. The number of unbranched alkanes of at least 4 members (excludes halogenated alkanes) is 1. The van der Waals surface area contributed by atoms with Gasteiger partial charge in [0.15, 0.2) is 11.5 Å². The summed E-state index contributed by atoms with van der Waals surface area (Å²) in [5, 5.41) is 11.5. The number of ether oxygens (including phenoxy) is 2. The number of carboxylic acid groups (broad SMARTS) is 1. The molecule has 0 fully saturated rings. The zero-order chi connectivity index (χ0) is 18.1. The van der Waals surface area contributed by atoms with Gasteiger partial charge >= 0.3 is 5.97 Å². The molecule has 2 N–H and O–H groups in total. The highest BCUT2D eigenvalue weighted by Crippen LogP contribution is 2.35. The third-order valence-corrected chi connectivity index (χ3v) is 3.73. The Morgan fingerprint density at radius 2 is 2.00 bits per heavy atom. The summed E-state index contributed by atoms with van der Waals surface area (Å²) in [5.41, 5.74) is 0.414. The maximum atomic E-state index is 11.2. The molecule has 0 atom stereocenters. The van der Waals surface area contributed by atoms with E-state index >= 15 is 0 Å². The van der Waals surface area contributed by atoms with Crippen molar-refractivity contribution in [2.75, 3.05) is 13.2 Å². The van der Waals surface area contributed by atoms with Crippen LogP contribution < -0.4 is 14.8 Å². The normalized spacial score (nSPS) is 11.1. The molecule has 0 saturated heterocycles. The number of hydrogen-bond acceptors (Lipinski definition) is 4. The van der Waals surface area contributed by atoms with Gasteiger partial charge in [-0.3, -0.25) is 4.79 Å². The summed E-state index contributed by atoms with van der Waals surface area (Å²) in [6, 6.07) is 3.49. The number of amides is 1. The van der Waals surface area contributed by atoms with E-state index in [1.165, 1.54) is 13.0 Å². The van der Waals surface area contributed by atoms with Crippen molar-refractivity contribution < 1.29 is 24.2 Å². The van der Waals surface area contributed by atoms with Gasteiger partial charge in [-0.15, -0.1) is 0 Å². The molecule has 0 aromatic heterocycles. The smallest absolute Gasteiger partial charge is 0.352 e. The average Bonchev–Trinajstić information content (AvgIpc) is 2.49. The van der Waals surface area contributed by atoms with Gasteiger partial charge in [0.25, 0.3) is 0 Å². The van der Waals surface area contributed by atoms with E-state index in [1.54, 1.807) is 12.1 Å². The predicted octanol–water partition coefficient (Wildman–Crippen LogP) is 3.43. The van der Waals surface area contributed by atoms with Gasteiger partial charge in [0.05, 0.1) is 16.8 Å². The summed E-state index contributed by atoms with van der Waals surface area (Å²) in [6.07, 6.45) is 3.36. The first kappa shape index (κ1) is 20.3. The second-order valence-electron chi connectivity index (χ2n) is 5.01. The van der Waals surface area contributed by atoms with Gasteiger partial charge in [0.2, 0.25) is 5.91 Å². The lowest BCUT2D eigenvalue weighted by molar-refractivity contribution is -0.134. The minimum atomic E-state index is -1.21. The molecule has 132 valence electrons. The van der Waals surface area contributed by atoms with Crippen LogP contribution >= 0.6 is 22.6 Å². The molecule has 0 spiro atoms. The SMILES string of the molecule is CCCCOc1c(I)cc(C=C(NC(C)=O)C(=O)O)cc1OCC. The van der Waals surface area contributed by atoms with Gasteiger partial charge in [-0.05, 0) is 59.7 Å². The van der Waals surface area contributed by atoms with Crippen LogP contribution in [-0.4, -0.2) is 30.2 Å². The molecule has 24 heavy (non-hydrogen) atoms. The number of hydrogen-bond donors (Lipinski definition) is 2. The predicted molar refractivity (Wildman–Crippen MR) is 100 cm³/mol. The van der Waals surface area contributed by atoms with Gasteiger partial charge in [-0.2, -0.15) is 0 Å². The van der Waals surface area contributed by atoms with E-state index in [1.807, 2.05) is 6.92 Å². The molecule has 0 saturated carbocycles. The van der Waals surface area contributed by atoms with Crippen LogP contribution in [0, 0.1) is 3.57 Å². The molecule has 1 rings (SSSR count). The van der Waals surface area contributed by atoms with Crippen molar-refractivity contribution >= 4 is 40.5 Å². The maximum Gasteiger partial charge on any atom is 0.352 e. The Bertz CT molecular complexity index is 628. The van der Waals surface area contributed by atoms with E-state index in [-0.39, 0.29) is 5.70 Å². The molecule has 6 nitrogen and oxygen atoms in total. The van der Waals surface area contributed by atoms with Crippen LogP contribution in [0.5, 0.6) is 11.5 Å². The minimum absolute atomic E-state index is 0.194. The largest absolute Gasteiger partial charge is 0.490 e. The maximum absolute atomic E-state index is 11.2. The Balaban J connectivity index is 3.20. The van der Waals surface area contributed by atoms with Crippen molar-refractivity contribution in [1.82, 2.24) is 5.32 Å². The van der Waals surface area contributed by atoms with Gasteiger partial charge < -0.3 is 19.9 Å². The van der Waals surface area contributed by atoms with Crippen LogP contribution in [0.4, 0.5) is 0 Å². The Labute approximate surface area is 155 Å². The average molecular weight is 447 g/mol. The summed E-state index contributed by atoms with van der Waals surface area (Å²) in [4.78, 5) is 22.4. The summed E-state index contributed by atoms with van der Waals surface area (Å²) < 4.78 is 12.2. The van der Waals surface area contributed by atoms with Crippen LogP contribution in [0.25, 0.3) is 6.08 Å². The molecule has 0 aliphatic rings. The number of carbonyl (C=O) groups excluding carboxylic acids is 1. The van der Waals surface area contributed by atoms with E-state index in [0.29, 0.717) is 30.3 Å². The highest BCUT2D eigenvalue weighted by atomic mass is 127. The first-order valence-electron chi connectivity index (χ1n) is 7.70. The van der Waals surface area contributed by atoms with Gasteiger partial charge in [0, 0.05) is 6.92 Å². The zero-order valence-corrected chi connectivity index (χ0v) is 16.2. The third-order valence-electron chi connectivity index (χ3n) is 2.93. The van der Waals surface area contributed by atoms with Crippen LogP contribution in [0.2, 0.25) is 0 Å². The number of nitrogens with one attached hydrogen (secondary N) is 1. The van der Waals surface area contributed by atoms with Gasteiger partial charge in [-0.25, -0.2) is 4.79 Å². The second-order valence-corrected chi connectivity index (χ2v) is 6.17. The third kappa shape index (κ3) is 6.38. The Morgan fingerprint density at radius 3 is 2.54 bits per heavy atom. The molecule has 7 heteroatoms. The summed E-state index contributed by atoms with van der Waals surface area (Å²) >= 11 is 2.12. The monoisotopic (exact) mass is 447 g/mol. The van der Waals surface area contributed by atoms with Crippen molar-refractivity contribution in [3.05, 3.63) is 27.0 Å². The molecule has 1 aromatic carbocycles. The molecular formula is C17H22INO5. The molecule has 1 amide bonds. The van der Waals surface area contributed by atoms with Crippen molar-refractivity contribution in [2.24, 2.45) is 0 Å². The standard InChI is InChI=1S/C17H22INO5/c1-4-6-7-24-16-13(18)8-12(10-15(16)23-5-2)9-14(17(21)22)19-11(3)20/h8-10H,4-7H2,1-3H3,(H,19,20)(H,21,22). The first-order chi connectivity index (χ1) is 11.4.